The van der Waals surface area contributed by atoms with Gasteiger partial charge in [0.2, 0.25) is 5.24 Å². The zero-order chi connectivity index (χ0) is 8.69. The highest BCUT2D eigenvalue weighted by atomic mass is 79.9. The summed E-state index contributed by atoms with van der Waals surface area (Å²) in [6.07, 6.45) is 4.91. The average molecular weight is 242 g/mol. The molecule has 0 saturated heterocycles. The Morgan fingerprint density at radius 1 is 1.55 bits per heavy atom. The van der Waals surface area contributed by atoms with E-state index < -0.39 is 0 Å². The summed E-state index contributed by atoms with van der Waals surface area (Å²) in [6.45, 7) is 2.16. The van der Waals surface area contributed by atoms with Crippen LogP contribution in [0.15, 0.2) is 0 Å². The maximum atomic E-state index is 10.4. The van der Waals surface area contributed by atoms with Crippen LogP contribution in [0.1, 0.15) is 39.0 Å². The van der Waals surface area contributed by atoms with Crippen LogP contribution >= 0.6 is 27.5 Å². The largest absolute Gasteiger partial charge is 0.281 e. The molecule has 0 aliphatic carbocycles. The molecule has 1 nitrogen and oxygen atoms in total. The maximum Gasteiger partial charge on any atom is 0.221 e. The Bertz CT molecular complexity index is 117. The van der Waals surface area contributed by atoms with Gasteiger partial charge in [-0.05, 0) is 24.4 Å². The van der Waals surface area contributed by atoms with Gasteiger partial charge in [-0.15, -0.1) is 0 Å². The average Bonchev–Trinajstić information content (AvgIpc) is 1.97. The quantitative estimate of drug-likeness (QED) is 0.514. The molecule has 66 valence electrons. The van der Waals surface area contributed by atoms with Gasteiger partial charge in [-0.1, -0.05) is 35.7 Å². The van der Waals surface area contributed by atoms with Gasteiger partial charge in [0.05, 0.1) is 0 Å². The van der Waals surface area contributed by atoms with Crippen molar-refractivity contribution >= 4 is 32.8 Å². The molecule has 0 bridgehead atoms. The fourth-order valence-corrected chi connectivity index (χ4v) is 1.50. The van der Waals surface area contributed by atoms with Gasteiger partial charge >= 0.3 is 0 Å². The van der Waals surface area contributed by atoms with Gasteiger partial charge in [0.1, 0.15) is 0 Å². The summed E-state index contributed by atoms with van der Waals surface area (Å²) in [5.74, 6) is 0. The van der Waals surface area contributed by atoms with Crippen LogP contribution in [0.5, 0.6) is 0 Å². The number of halogens is 2. The van der Waals surface area contributed by atoms with Gasteiger partial charge in [0.15, 0.2) is 0 Å². The molecule has 0 aliphatic rings. The summed E-state index contributed by atoms with van der Waals surface area (Å²) in [5, 5.41) is -0.231. The predicted octanol–water partition coefficient (Wildman–Crippen LogP) is 3.49. The second-order valence-corrected chi connectivity index (χ2v) is 4.35. The van der Waals surface area contributed by atoms with Crippen molar-refractivity contribution in [2.24, 2.45) is 0 Å². The minimum absolute atomic E-state index is 0.231. The van der Waals surface area contributed by atoms with Crippen LogP contribution in [0.3, 0.4) is 0 Å². The molecular weight excluding hydrogens is 227 g/mol. The van der Waals surface area contributed by atoms with E-state index in [-0.39, 0.29) is 5.24 Å². The Kier molecular flexibility index (Phi) is 7.39. The van der Waals surface area contributed by atoms with E-state index in [1.807, 2.05) is 0 Å². The minimum Gasteiger partial charge on any atom is -0.281 e. The summed E-state index contributed by atoms with van der Waals surface area (Å²) >= 11 is 8.69. The number of hydrogen-bond acceptors (Lipinski definition) is 1. The first kappa shape index (κ1) is 11.4. The first-order chi connectivity index (χ1) is 5.16. The van der Waals surface area contributed by atoms with Crippen molar-refractivity contribution in [2.75, 3.05) is 0 Å². The molecule has 0 radical (unpaired) electrons. The molecule has 0 N–H and O–H groups in total. The molecule has 0 aromatic rings. The van der Waals surface area contributed by atoms with Gasteiger partial charge in [-0.2, -0.15) is 0 Å². The highest BCUT2D eigenvalue weighted by Crippen LogP contribution is 2.15. The molecule has 0 fully saturated rings. The molecule has 0 rings (SSSR count). The van der Waals surface area contributed by atoms with E-state index >= 15 is 0 Å². The summed E-state index contributed by atoms with van der Waals surface area (Å²) in [7, 11) is 0. The Labute approximate surface area is 81.6 Å². The Morgan fingerprint density at radius 3 is 2.64 bits per heavy atom. The van der Waals surface area contributed by atoms with Crippen molar-refractivity contribution < 1.29 is 4.79 Å². The van der Waals surface area contributed by atoms with Crippen LogP contribution in [0.4, 0.5) is 0 Å². The van der Waals surface area contributed by atoms with Crippen molar-refractivity contribution in [3.8, 4) is 0 Å². The predicted molar refractivity (Wildman–Crippen MR) is 52.3 cm³/mol. The first-order valence-corrected chi connectivity index (χ1v) is 5.28. The topological polar surface area (TPSA) is 17.1 Å². The lowest BCUT2D eigenvalue weighted by Gasteiger charge is -2.05. The summed E-state index contributed by atoms with van der Waals surface area (Å²) in [6, 6.07) is 0. The van der Waals surface area contributed by atoms with Crippen LogP contribution in [0, 0.1) is 0 Å². The Balaban J connectivity index is 3.22. The van der Waals surface area contributed by atoms with Gasteiger partial charge in [-0.3, -0.25) is 4.79 Å². The fraction of sp³-hybridized carbons (Fsp3) is 0.875. The minimum atomic E-state index is -0.231. The van der Waals surface area contributed by atoms with Crippen LogP contribution < -0.4 is 0 Å². The van der Waals surface area contributed by atoms with Gasteiger partial charge < -0.3 is 0 Å². The smallest absolute Gasteiger partial charge is 0.221 e. The molecule has 0 amide bonds. The van der Waals surface area contributed by atoms with Crippen LogP contribution in [0.25, 0.3) is 0 Å². The van der Waals surface area contributed by atoms with Crippen LogP contribution in [0.2, 0.25) is 0 Å². The first-order valence-electron chi connectivity index (χ1n) is 3.99. The monoisotopic (exact) mass is 240 g/mol. The Morgan fingerprint density at radius 2 is 2.18 bits per heavy atom. The number of unbranched alkanes of at least 4 members (excludes halogenated alkanes) is 1. The number of carbonyl (C=O) groups is 1. The zero-order valence-corrected chi connectivity index (χ0v) is 9.12. The van der Waals surface area contributed by atoms with E-state index in [0.29, 0.717) is 11.2 Å². The van der Waals surface area contributed by atoms with Gasteiger partial charge in [0, 0.05) is 11.2 Å². The highest BCUT2D eigenvalue weighted by molar-refractivity contribution is 9.09. The lowest BCUT2D eigenvalue weighted by Crippen LogP contribution is -1.99. The molecule has 0 heterocycles. The van der Waals surface area contributed by atoms with E-state index in [2.05, 4.69) is 22.9 Å². The number of hydrogen-bond donors (Lipinski definition) is 0. The Hall–Kier alpha value is 0.440. The molecule has 1 unspecified atom stereocenters. The molecule has 1 atom stereocenters. The van der Waals surface area contributed by atoms with E-state index in [1.54, 1.807) is 0 Å². The summed E-state index contributed by atoms with van der Waals surface area (Å²) in [4.78, 5) is 10.8. The number of carbonyl (C=O) groups excluding carboxylic acids is 1. The van der Waals surface area contributed by atoms with Crippen molar-refractivity contribution in [3.63, 3.8) is 0 Å². The van der Waals surface area contributed by atoms with Gasteiger partial charge in [0.25, 0.3) is 0 Å². The molecule has 0 aromatic carbocycles. The molecular formula is C8H14BrClO. The zero-order valence-electron chi connectivity index (χ0n) is 6.78. The van der Waals surface area contributed by atoms with Crippen molar-refractivity contribution in [2.45, 2.75) is 43.9 Å². The lowest BCUT2D eigenvalue weighted by molar-refractivity contribution is -0.111. The third kappa shape index (κ3) is 8.35. The molecule has 0 aliphatic heterocycles. The van der Waals surface area contributed by atoms with Crippen LogP contribution in [-0.2, 0) is 4.79 Å². The van der Waals surface area contributed by atoms with Crippen molar-refractivity contribution in [1.29, 1.82) is 0 Å². The summed E-state index contributed by atoms with van der Waals surface area (Å²) in [5.41, 5.74) is 0. The van der Waals surface area contributed by atoms with E-state index in [1.165, 1.54) is 12.8 Å². The normalized spacial score (nSPS) is 13.0. The standard InChI is InChI=1S/C8H14BrClO/c1-2-3-4-7(9)5-6-8(10)11/h7H,2-6H2,1H3. The number of rotatable bonds is 6. The van der Waals surface area contributed by atoms with Crippen molar-refractivity contribution in [1.82, 2.24) is 0 Å². The SMILES string of the molecule is CCCCC(Br)CCC(=O)Cl. The van der Waals surface area contributed by atoms with Crippen LogP contribution in [-0.4, -0.2) is 10.1 Å². The molecule has 3 heteroatoms. The maximum absolute atomic E-state index is 10.4. The van der Waals surface area contributed by atoms with Gasteiger partial charge in [-0.25, -0.2) is 0 Å². The molecule has 11 heavy (non-hydrogen) atoms. The van der Waals surface area contributed by atoms with E-state index in [9.17, 15) is 4.79 Å². The molecule has 0 spiro atoms. The molecule has 0 aromatic heterocycles. The highest BCUT2D eigenvalue weighted by Gasteiger charge is 2.05. The number of alkyl halides is 1. The van der Waals surface area contributed by atoms with E-state index in [4.69, 9.17) is 11.6 Å². The van der Waals surface area contributed by atoms with Crippen molar-refractivity contribution in [3.05, 3.63) is 0 Å². The fourth-order valence-electron chi connectivity index (χ4n) is 0.840. The van der Waals surface area contributed by atoms with E-state index in [0.717, 1.165) is 12.8 Å². The third-order valence-electron chi connectivity index (χ3n) is 1.53. The second kappa shape index (κ2) is 7.11. The molecule has 0 saturated carbocycles. The summed E-state index contributed by atoms with van der Waals surface area (Å²) < 4.78 is 0. The third-order valence-corrected chi connectivity index (χ3v) is 2.63. The lowest BCUT2D eigenvalue weighted by atomic mass is 10.1. The second-order valence-electron chi connectivity index (χ2n) is 2.63.